The van der Waals surface area contributed by atoms with Crippen molar-refractivity contribution in [1.82, 2.24) is 20.4 Å². The Morgan fingerprint density at radius 1 is 1.32 bits per heavy atom. The molecule has 2 heterocycles. The highest BCUT2D eigenvalue weighted by molar-refractivity contribution is 5.94. The molecule has 0 saturated heterocycles. The molecule has 1 amide bonds. The molecule has 98 valence electrons. The summed E-state index contributed by atoms with van der Waals surface area (Å²) >= 11 is 0. The smallest absolute Gasteiger partial charge is 0.272 e. The standard InChI is InChI=1S/C11H10FN5O2/c1-19-11-9(12)2-8(5-15-11)16-17-10(18)7-3-13-6-14-4-7/h2-6,16H,1H3,(H,17,18). The van der Waals surface area contributed by atoms with Gasteiger partial charge in [0.1, 0.15) is 6.33 Å². The van der Waals surface area contributed by atoms with Crippen LogP contribution in [-0.2, 0) is 0 Å². The lowest BCUT2D eigenvalue weighted by molar-refractivity contribution is 0.0962. The van der Waals surface area contributed by atoms with E-state index in [2.05, 4.69) is 30.5 Å². The van der Waals surface area contributed by atoms with Gasteiger partial charge in [0.25, 0.3) is 5.91 Å². The maximum Gasteiger partial charge on any atom is 0.272 e. The molecule has 2 aromatic rings. The Hall–Kier alpha value is -2.77. The van der Waals surface area contributed by atoms with Crippen molar-refractivity contribution in [2.45, 2.75) is 0 Å². The number of hydrogen-bond donors (Lipinski definition) is 2. The first-order valence-corrected chi connectivity index (χ1v) is 5.21. The molecule has 0 fully saturated rings. The Bertz CT molecular complexity index is 579. The highest BCUT2D eigenvalue weighted by atomic mass is 19.1. The Morgan fingerprint density at radius 2 is 2.05 bits per heavy atom. The van der Waals surface area contributed by atoms with Gasteiger partial charge in [-0.3, -0.25) is 15.6 Å². The zero-order chi connectivity index (χ0) is 13.7. The number of anilines is 1. The van der Waals surface area contributed by atoms with Gasteiger partial charge >= 0.3 is 0 Å². The highest BCUT2D eigenvalue weighted by Crippen LogP contribution is 2.16. The number of halogens is 1. The van der Waals surface area contributed by atoms with E-state index < -0.39 is 11.7 Å². The summed E-state index contributed by atoms with van der Waals surface area (Å²) in [6, 6.07) is 1.15. The second kappa shape index (κ2) is 5.71. The van der Waals surface area contributed by atoms with E-state index in [0.29, 0.717) is 0 Å². The van der Waals surface area contributed by atoms with Crippen LogP contribution in [0.2, 0.25) is 0 Å². The minimum atomic E-state index is -0.634. The van der Waals surface area contributed by atoms with Gasteiger partial charge in [0.2, 0.25) is 5.88 Å². The van der Waals surface area contributed by atoms with Crippen LogP contribution in [0.3, 0.4) is 0 Å². The lowest BCUT2D eigenvalue weighted by atomic mass is 10.3. The van der Waals surface area contributed by atoms with Crippen molar-refractivity contribution < 1.29 is 13.9 Å². The summed E-state index contributed by atoms with van der Waals surface area (Å²) in [6.45, 7) is 0. The van der Waals surface area contributed by atoms with Gasteiger partial charge < -0.3 is 4.74 Å². The summed E-state index contributed by atoms with van der Waals surface area (Å²) in [4.78, 5) is 22.8. The normalized spacial score (nSPS) is 9.79. The third-order valence-corrected chi connectivity index (χ3v) is 2.14. The molecule has 2 N–H and O–H groups in total. The molecule has 8 heteroatoms. The Kier molecular flexibility index (Phi) is 3.81. The first-order chi connectivity index (χ1) is 9.20. The fraction of sp³-hybridized carbons (Fsp3) is 0.0909. The van der Waals surface area contributed by atoms with E-state index in [1.807, 2.05) is 0 Å². The molecule has 2 rings (SSSR count). The number of carbonyl (C=O) groups is 1. The van der Waals surface area contributed by atoms with Crippen LogP contribution in [0, 0.1) is 5.82 Å². The number of aromatic nitrogens is 3. The van der Waals surface area contributed by atoms with Crippen LogP contribution in [0.15, 0.2) is 31.0 Å². The number of nitrogens with zero attached hydrogens (tertiary/aromatic N) is 3. The number of nitrogens with one attached hydrogen (secondary N) is 2. The van der Waals surface area contributed by atoms with Crippen LogP contribution in [0.5, 0.6) is 5.88 Å². The lowest BCUT2D eigenvalue weighted by Gasteiger charge is -2.08. The van der Waals surface area contributed by atoms with Crippen LogP contribution in [-0.4, -0.2) is 28.0 Å². The SMILES string of the molecule is COc1ncc(NNC(=O)c2cncnc2)cc1F. The average Bonchev–Trinajstić information content (AvgIpc) is 2.46. The van der Waals surface area contributed by atoms with Gasteiger partial charge in [0.15, 0.2) is 5.82 Å². The first kappa shape index (κ1) is 12.7. The van der Waals surface area contributed by atoms with Crippen molar-refractivity contribution in [2.75, 3.05) is 12.5 Å². The molecular formula is C11H10FN5O2. The Labute approximate surface area is 107 Å². The van der Waals surface area contributed by atoms with E-state index in [-0.39, 0.29) is 17.1 Å². The Balaban J connectivity index is 1.99. The lowest BCUT2D eigenvalue weighted by Crippen LogP contribution is -2.29. The molecule has 0 aliphatic carbocycles. The number of amides is 1. The van der Waals surface area contributed by atoms with Gasteiger partial charge in [-0.05, 0) is 0 Å². The molecule has 0 unspecified atom stereocenters. The van der Waals surface area contributed by atoms with Crippen molar-refractivity contribution in [1.29, 1.82) is 0 Å². The fourth-order valence-electron chi connectivity index (χ4n) is 1.26. The molecule has 0 bridgehead atoms. The van der Waals surface area contributed by atoms with Gasteiger partial charge in [-0.2, -0.15) is 0 Å². The molecule has 0 spiro atoms. The van der Waals surface area contributed by atoms with Crippen LogP contribution in [0.25, 0.3) is 0 Å². The second-order valence-electron chi connectivity index (χ2n) is 3.42. The van der Waals surface area contributed by atoms with Crippen molar-refractivity contribution in [3.8, 4) is 5.88 Å². The zero-order valence-electron chi connectivity index (χ0n) is 9.92. The summed E-state index contributed by atoms with van der Waals surface area (Å²) in [7, 11) is 1.32. The molecule has 19 heavy (non-hydrogen) atoms. The number of hydrogen-bond acceptors (Lipinski definition) is 6. The van der Waals surface area contributed by atoms with Gasteiger partial charge in [-0.1, -0.05) is 0 Å². The largest absolute Gasteiger partial charge is 0.479 e. The minimum absolute atomic E-state index is 0.117. The van der Waals surface area contributed by atoms with Gasteiger partial charge in [0, 0.05) is 18.5 Å². The van der Waals surface area contributed by atoms with Crippen molar-refractivity contribution in [2.24, 2.45) is 0 Å². The predicted molar refractivity (Wildman–Crippen MR) is 63.9 cm³/mol. The van der Waals surface area contributed by atoms with Crippen LogP contribution < -0.4 is 15.6 Å². The van der Waals surface area contributed by atoms with E-state index in [4.69, 9.17) is 0 Å². The molecule has 0 atom stereocenters. The number of hydrazine groups is 1. The van der Waals surface area contributed by atoms with E-state index in [9.17, 15) is 9.18 Å². The molecule has 0 aliphatic heterocycles. The fourth-order valence-corrected chi connectivity index (χ4v) is 1.26. The van der Waals surface area contributed by atoms with Gasteiger partial charge in [-0.25, -0.2) is 19.3 Å². The molecule has 0 radical (unpaired) electrons. The van der Waals surface area contributed by atoms with E-state index in [1.54, 1.807) is 0 Å². The molecule has 0 aliphatic rings. The van der Waals surface area contributed by atoms with Gasteiger partial charge in [0.05, 0.1) is 24.6 Å². The summed E-state index contributed by atoms with van der Waals surface area (Å²) in [5, 5.41) is 0. The first-order valence-electron chi connectivity index (χ1n) is 5.21. The van der Waals surface area contributed by atoms with Gasteiger partial charge in [-0.15, -0.1) is 0 Å². The van der Waals surface area contributed by atoms with Crippen molar-refractivity contribution >= 4 is 11.6 Å². The molecule has 0 saturated carbocycles. The number of rotatable bonds is 4. The maximum absolute atomic E-state index is 13.3. The summed E-state index contributed by atoms with van der Waals surface area (Å²) < 4.78 is 18.0. The van der Waals surface area contributed by atoms with Crippen LogP contribution >= 0.6 is 0 Å². The highest BCUT2D eigenvalue weighted by Gasteiger charge is 2.07. The number of methoxy groups -OCH3 is 1. The third kappa shape index (κ3) is 3.12. The zero-order valence-corrected chi connectivity index (χ0v) is 9.92. The van der Waals surface area contributed by atoms with Crippen molar-refractivity contribution in [3.63, 3.8) is 0 Å². The molecule has 2 aromatic heterocycles. The summed E-state index contributed by atoms with van der Waals surface area (Å²) in [6.07, 6.45) is 5.35. The quantitative estimate of drug-likeness (QED) is 0.792. The third-order valence-electron chi connectivity index (χ3n) is 2.14. The predicted octanol–water partition coefficient (Wildman–Crippen LogP) is 0.776. The van der Waals surface area contributed by atoms with Crippen LogP contribution in [0.1, 0.15) is 10.4 Å². The summed E-state index contributed by atoms with van der Waals surface area (Å²) in [5.41, 5.74) is 5.44. The molecular weight excluding hydrogens is 253 g/mol. The van der Waals surface area contributed by atoms with E-state index >= 15 is 0 Å². The Morgan fingerprint density at radius 3 is 2.68 bits per heavy atom. The molecule has 0 aromatic carbocycles. The maximum atomic E-state index is 13.3. The van der Waals surface area contributed by atoms with Crippen LogP contribution in [0.4, 0.5) is 10.1 Å². The number of pyridine rings is 1. The van der Waals surface area contributed by atoms with E-state index in [0.717, 1.165) is 6.07 Å². The summed E-state index contributed by atoms with van der Waals surface area (Å²) in [5.74, 6) is -1.20. The second-order valence-corrected chi connectivity index (χ2v) is 3.42. The monoisotopic (exact) mass is 263 g/mol. The van der Waals surface area contributed by atoms with Crippen molar-refractivity contribution in [3.05, 3.63) is 42.4 Å². The number of carbonyl (C=O) groups excluding carboxylic acids is 1. The number of ether oxygens (including phenoxy) is 1. The molecule has 7 nitrogen and oxygen atoms in total. The average molecular weight is 263 g/mol. The van der Waals surface area contributed by atoms with E-state index in [1.165, 1.54) is 32.0 Å². The topological polar surface area (TPSA) is 89.0 Å². The minimum Gasteiger partial charge on any atom is -0.479 e.